The van der Waals surface area contributed by atoms with Gasteiger partial charge in [-0.05, 0) is 76.1 Å². The Labute approximate surface area is 226 Å². The summed E-state index contributed by atoms with van der Waals surface area (Å²) in [6.07, 6.45) is 3.93. The van der Waals surface area contributed by atoms with Crippen molar-refractivity contribution in [1.82, 2.24) is 9.88 Å². The summed E-state index contributed by atoms with van der Waals surface area (Å²) in [5.74, 6) is -0.370. The van der Waals surface area contributed by atoms with Crippen LogP contribution in [0.1, 0.15) is 37.0 Å². The first kappa shape index (κ1) is 26.4. The Kier molecular flexibility index (Phi) is 7.54. The SMILES string of the molecule is CC1CN(c2cc(F)c(-c3ccc(OCC4CC4)nc3)cc2NC(=O)c2ccc(F)cc2Cl)CC(C)N1C. The third-order valence-electron chi connectivity index (χ3n) is 7.42. The van der Waals surface area contributed by atoms with Crippen LogP contribution in [0.25, 0.3) is 11.1 Å². The monoisotopic (exact) mass is 540 g/mol. The second kappa shape index (κ2) is 10.9. The van der Waals surface area contributed by atoms with Gasteiger partial charge in [-0.25, -0.2) is 13.8 Å². The number of hydrogen-bond acceptors (Lipinski definition) is 5. The quantitative estimate of drug-likeness (QED) is 0.384. The van der Waals surface area contributed by atoms with Crippen LogP contribution in [0.5, 0.6) is 5.88 Å². The molecule has 0 radical (unpaired) electrons. The van der Waals surface area contributed by atoms with E-state index in [1.807, 2.05) is 0 Å². The van der Waals surface area contributed by atoms with E-state index in [0.717, 1.165) is 6.07 Å². The van der Waals surface area contributed by atoms with Gasteiger partial charge in [0.2, 0.25) is 5.88 Å². The highest BCUT2D eigenvalue weighted by atomic mass is 35.5. The number of piperazine rings is 1. The van der Waals surface area contributed by atoms with E-state index in [4.69, 9.17) is 16.3 Å². The normalized spacial score (nSPS) is 19.9. The van der Waals surface area contributed by atoms with E-state index in [1.165, 1.54) is 31.0 Å². The minimum absolute atomic E-state index is 0.000728. The number of pyridine rings is 1. The maximum atomic E-state index is 15.6. The van der Waals surface area contributed by atoms with Gasteiger partial charge in [-0.2, -0.15) is 0 Å². The molecule has 6 nitrogen and oxygen atoms in total. The summed E-state index contributed by atoms with van der Waals surface area (Å²) in [6, 6.07) is 10.6. The molecule has 1 aliphatic carbocycles. The first-order valence-corrected chi connectivity index (χ1v) is 13.2. The van der Waals surface area contributed by atoms with E-state index in [2.05, 4.69) is 41.0 Å². The van der Waals surface area contributed by atoms with Crippen LogP contribution in [0.2, 0.25) is 5.02 Å². The average molecular weight is 541 g/mol. The molecular weight excluding hydrogens is 510 g/mol. The second-order valence-corrected chi connectivity index (χ2v) is 10.7. The van der Waals surface area contributed by atoms with Crippen LogP contribution >= 0.6 is 11.6 Å². The fraction of sp³-hybridized carbons (Fsp3) is 0.379. The largest absolute Gasteiger partial charge is 0.477 e. The van der Waals surface area contributed by atoms with Crippen molar-refractivity contribution in [2.75, 3.05) is 37.0 Å². The van der Waals surface area contributed by atoms with Gasteiger partial charge in [0.15, 0.2) is 0 Å². The molecule has 1 aromatic heterocycles. The molecule has 2 aromatic carbocycles. The number of hydrogen-bond donors (Lipinski definition) is 1. The highest BCUT2D eigenvalue weighted by molar-refractivity contribution is 6.34. The fourth-order valence-corrected chi connectivity index (χ4v) is 4.98. The molecule has 2 fully saturated rings. The minimum Gasteiger partial charge on any atom is -0.477 e. The maximum absolute atomic E-state index is 15.6. The molecule has 2 aliphatic rings. The lowest BCUT2D eigenvalue weighted by atomic mass is 10.0. The molecule has 0 spiro atoms. The van der Waals surface area contributed by atoms with Crippen molar-refractivity contribution in [2.24, 2.45) is 5.92 Å². The molecule has 1 N–H and O–H groups in total. The molecule has 200 valence electrons. The number of benzene rings is 2. The molecule has 5 rings (SSSR count). The van der Waals surface area contributed by atoms with Crippen LogP contribution in [-0.4, -0.2) is 54.6 Å². The minimum atomic E-state index is -0.534. The molecule has 1 saturated carbocycles. The lowest BCUT2D eigenvalue weighted by molar-refractivity contribution is 0.102. The summed E-state index contributed by atoms with van der Waals surface area (Å²) in [5.41, 5.74) is 1.99. The Hall–Kier alpha value is -3.23. The highest BCUT2D eigenvalue weighted by Gasteiger charge is 2.29. The third-order valence-corrected chi connectivity index (χ3v) is 7.73. The Morgan fingerprint density at radius 3 is 2.47 bits per heavy atom. The van der Waals surface area contributed by atoms with E-state index in [9.17, 15) is 9.18 Å². The molecule has 2 atom stereocenters. The van der Waals surface area contributed by atoms with E-state index in [0.29, 0.717) is 54.0 Å². The fourth-order valence-electron chi connectivity index (χ4n) is 4.72. The number of carbonyl (C=O) groups is 1. The average Bonchev–Trinajstić information content (AvgIpc) is 3.71. The predicted molar refractivity (Wildman–Crippen MR) is 146 cm³/mol. The number of rotatable bonds is 7. The van der Waals surface area contributed by atoms with Gasteiger partial charge < -0.3 is 15.0 Å². The van der Waals surface area contributed by atoms with Crippen LogP contribution in [0.15, 0.2) is 48.7 Å². The standard InChI is InChI=1S/C29H31ClF2N4O2/c1-17-14-36(15-18(2)35(17)3)27-12-25(32)23(20-6-9-28(33-13-20)38-16-19-4-5-19)11-26(27)34-29(37)22-8-7-21(31)10-24(22)30/h6-13,17-19H,4-5,14-16H2,1-3H3,(H,34,37). The van der Waals surface area contributed by atoms with Crippen LogP contribution in [-0.2, 0) is 0 Å². The first-order chi connectivity index (χ1) is 18.2. The van der Waals surface area contributed by atoms with Crippen molar-refractivity contribution in [1.29, 1.82) is 0 Å². The van der Waals surface area contributed by atoms with Gasteiger partial charge in [0.25, 0.3) is 5.91 Å². The Morgan fingerprint density at radius 1 is 1.11 bits per heavy atom. The molecule has 9 heteroatoms. The number of likely N-dealkylation sites (N-methyl/N-ethyl adjacent to an activating group) is 1. The van der Waals surface area contributed by atoms with Gasteiger partial charge in [-0.1, -0.05) is 11.6 Å². The number of halogens is 3. The number of amides is 1. The van der Waals surface area contributed by atoms with Gasteiger partial charge >= 0.3 is 0 Å². The second-order valence-electron chi connectivity index (χ2n) is 10.3. The molecule has 1 saturated heterocycles. The van der Waals surface area contributed by atoms with Crippen molar-refractivity contribution in [3.63, 3.8) is 0 Å². The van der Waals surface area contributed by atoms with Crippen molar-refractivity contribution < 1.29 is 18.3 Å². The van der Waals surface area contributed by atoms with Crippen LogP contribution < -0.4 is 15.0 Å². The van der Waals surface area contributed by atoms with Gasteiger partial charge in [0.05, 0.1) is 28.6 Å². The van der Waals surface area contributed by atoms with E-state index in [-0.39, 0.29) is 22.7 Å². The van der Waals surface area contributed by atoms with Crippen molar-refractivity contribution >= 4 is 28.9 Å². The Bertz CT molecular complexity index is 1320. The predicted octanol–water partition coefficient (Wildman–Crippen LogP) is 6.25. The lowest BCUT2D eigenvalue weighted by Crippen LogP contribution is -2.55. The molecule has 2 heterocycles. The van der Waals surface area contributed by atoms with Gasteiger partial charge in [0.1, 0.15) is 11.6 Å². The lowest BCUT2D eigenvalue weighted by Gasteiger charge is -2.44. The molecule has 1 amide bonds. The number of carbonyl (C=O) groups excluding carboxylic acids is 1. The smallest absolute Gasteiger partial charge is 0.257 e. The Balaban J connectivity index is 1.49. The third kappa shape index (κ3) is 5.76. The number of nitrogens with one attached hydrogen (secondary N) is 1. The van der Waals surface area contributed by atoms with Gasteiger partial charge in [-0.3, -0.25) is 9.69 Å². The Morgan fingerprint density at radius 2 is 1.84 bits per heavy atom. The van der Waals surface area contributed by atoms with E-state index < -0.39 is 17.5 Å². The summed E-state index contributed by atoms with van der Waals surface area (Å²) in [6.45, 7) is 6.19. The van der Waals surface area contributed by atoms with Crippen LogP contribution in [0.3, 0.4) is 0 Å². The summed E-state index contributed by atoms with van der Waals surface area (Å²) in [7, 11) is 2.07. The highest BCUT2D eigenvalue weighted by Crippen LogP contribution is 2.37. The molecule has 38 heavy (non-hydrogen) atoms. The summed E-state index contributed by atoms with van der Waals surface area (Å²) >= 11 is 6.15. The zero-order valence-electron chi connectivity index (χ0n) is 21.7. The molecule has 1 aliphatic heterocycles. The number of anilines is 2. The number of nitrogens with zero attached hydrogens (tertiary/aromatic N) is 3. The molecule has 0 bridgehead atoms. The van der Waals surface area contributed by atoms with Crippen molar-refractivity contribution in [3.8, 4) is 17.0 Å². The van der Waals surface area contributed by atoms with Crippen molar-refractivity contribution in [3.05, 3.63) is 70.9 Å². The number of ether oxygens (including phenoxy) is 1. The van der Waals surface area contributed by atoms with E-state index in [1.54, 1.807) is 24.4 Å². The molecule has 3 aromatic rings. The summed E-state index contributed by atoms with van der Waals surface area (Å²) in [4.78, 5) is 21.9. The summed E-state index contributed by atoms with van der Waals surface area (Å²) in [5, 5.41) is 2.90. The zero-order chi connectivity index (χ0) is 27.0. The van der Waals surface area contributed by atoms with Crippen LogP contribution in [0, 0.1) is 17.6 Å². The van der Waals surface area contributed by atoms with Crippen LogP contribution in [0.4, 0.5) is 20.2 Å². The maximum Gasteiger partial charge on any atom is 0.257 e. The first-order valence-electron chi connectivity index (χ1n) is 12.9. The molecule has 2 unspecified atom stereocenters. The van der Waals surface area contributed by atoms with Gasteiger partial charge in [-0.15, -0.1) is 0 Å². The topological polar surface area (TPSA) is 57.7 Å². The number of aromatic nitrogens is 1. The zero-order valence-corrected chi connectivity index (χ0v) is 22.4. The van der Waals surface area contributed by atoms with Crippen molar-refractivity contribution in [2.45, 2.75) is 38.8 Å². The van der Waals surface area contributed by atoms with Gasteiger partial charge in [0, 0.05) is 48.6 Å². The molecular formula is C29H31ClF2N4O2. The van der Waals surface area contributed by atoms with E-state index >= 15 is 4.39 Å². The summed E-state index contributed by atoms with van der Waals surface area (Å²) < 4.78 is 34.9.